The first kappa shape index (κ1) is 11.2. The highest BCUT2D eigenvalue weighted by Crippen LogP contribution is 2.28. The van der Waals surface area contributed by atoms with Gasteiger partial charge < -0.3 is 9.73 Å². The lowest BCUT2D eigenvalue weighted by Crippen LogP contribution is -1.96. The molecule has 0 amide bonds. The van der Waals surface area contributed by atoms with Gasteiger partial charge in [-0.15, -0.1) is 0 Å². The maximum absolute atomic E-state index is 13.4. The summed E-state index contributed by atoms with van der Waals surface area (Å²) in [6, 6.07) is 5.71. The second-order valence-corrected chi connectivity index (χ2v) is 4.72. The number of hydrogen-bond acceptors (Lipinski definition) is 4. The summed E-state index contributed by atoms with van der Waals surface area (Å²) in [7, 11) is 0. The largest absolute Gasteiger partial charge is 0.467 e. The Labute approximate surface area is 105 Å². The third-order valence-corrected chi connectivity index (χ3v) is 3.37. The summed E-state index contributed by atoms with van der Waals surface area (Å²) in [5, 5.41) is 3.54. The van der Waals surface area contributed by atoms with E-state index in [9.17, 15) is 8.78 Å². The highest BCUT2D eigenvalue weighted by molar-refractivity contribution is 7.22. The van der Waals surface area contributed by atoms with E-state index in [2.05, 4.69) is 10.3 Å². The molecule has 0 saturated carbocycles. The van der Waals surface area contributed by atoms with E-state index in [0.717, 1.165) is 11.8 Å². The van der Waals surface area contributed by atoms with Crippen LogP contribution < -0.4 is 5.32 Å². The third-order valence-electron chi connectivity index (χ3n) is 2.41. The number of benzene rings is 1. The van der Waals surface area contributed by atoms with Crippen molar-refractivity contribution >= 4 is 26.7 Å². The van der Waals surface area contributed by atoms with Crippen LogP contribution in [0.4, 0.5) is 13.9 Å². The second kappa shape index (κ2) is 4.38. The van der Waals surface area contributed by atoms with E-state index in [0.29, 0.717) is 16.4 Å². The van der Waals surface area contributed by atoms with Crippen LogP contribution in [0.1, 0.15) is 5.76 Å². The van der Waals surface area contributed by atoms with Crippen LogP contribution in [-0.2, 0) is 6.54 Å². The van der Waals surface area contributed by atoms with Gasteiger partial charge in [0.2, 0.25) is 0 Å². The summed E-state index contributed by atoms with van der Waals surface area (Å²) < 4.78 is 32.1. The van der Waals surface area contributed by atoms with Crippen molar-refractivity contribution in [1.82, 2.24) is 4.98 Å². The van der Waals surface area contributed by atoms with Crippen molar-refractivity contribution in [3.8, 4) is 0 Å². The number of nitrogens with one attached hydrogen (secondary N) is 1. The second-order valence-electron chi connectivity index (χ2n) is 3.69. The Morgan fingerprint density at radius 3 is 3.00 bits per heavy atom. The Bertz CT molecular complexity index is 679. The smallest absolute Gasteiger partial charge is 0.184 e. The van der Waals surface area contributed by atoms with Crippen LogP contribution in [-0.4, -0.2) is 4.98 Å². The number of anilines is 1. The molecule has 1 aromatic carbocycles. The molecule has 0 aliphatic rings. The molecule has 3 nitrogen and oxygen atoms in total. The summed E-state index contributed by atoms with van der Waals surface area (Å²) in [5.74, 6) is -0.491. The Hall–Kier alpha value is -1.95. The minimum absolute atomic E-state index is 0.184. The van der Waals surface area contributed by atoms with Crippen molar-refractivity contribution < 1.29 is 13.2 Å². The van der Waals surface area contributed by atoms with Crippen molar-refractivity contribution in [2.45, 2.75) is 6.54 Å². The van der Waals surface area contributed by atoms with Crippen LogP contribution in [0.2, 0.25) is 0 Å². The normalized spacial score (nSPS) is 11.0. The summed E-state index contributed by atoms with van der Waals surface area (Å²) >= 11 is 1.20. The zero-order valence-electron chi connectivity index (χ0n) is 9.11. The van der Waals surface area contributed by atoms with Gasteiger partial charge in [0.05, 0.1) is 17.5 Å². The molecule has 0 bridgehead atoms. The van der Waals surface area contributed by atoms with Gasteiger partial charge in [0.15, 0.2) is 10.9 Å². The molecule has 0 saturated heterocycles. The van der Waals surface area contributed by atoms with Crippen molar-refractivity contribution in [1.29, 1.82) is 0 Å². The van der Waals surface area contributed by atoms with Gasteiger partial charge in [-0.1, -0.05) is 11.3 Å². The quantitative estimate of drug-likeness (QED) is 0.784. The molecule has 1 N–H and O–H groups in total. The predicted molar refractivity (Wildman–Crippen MR) is 65.6 cm³/mol. The van der Waals surface area contributed by atoms with Gasteiger partial charge in [0, 0.05) is 6.07 Å². The lowest BCUT2D eigenvalue weighted by atomic mass is 10.3. The SMILES string of the molecule is Fc1cc(F)c2nc(NCc3ccco3)sc2c1. The fourth-order valence-corrected chi connectivity index (χ4v) is 2.51. The van der Waals surface area contributed by atoms with Gasteiger partial charge in [-0.3, -0.25) is 0 Å². The number of thiazole rings is 1. The van der Waals surface area contributed by atoms with Gasteiger partial charge in [0.1, 0.15) is 17.1 Å². The van der Waals surface area contributed by atoms with Crippen LogP contribution in [0.15, 0.2) is 34.9 Å². The lowest BCUT2D eigenvalue weighted by Gasteiger charge is -1.97. The van der Waals surface area contributed by atoms with Gasteiger partial charge in [-0.25, -0.2) is 13.8 Å². The van der Waals surface area contributed by atoms with Crippen molar-refractivity contribution in [2.75, 3.05) is 5.32 Å². The van der Waals surface area contributed by atoms with E-state index >= 15 is 0 Å². The van der Waals surface area contributed by atoms with E-state index in [1.807, 2.05) is 6.07 Å². The number of hydrogen-bond donors (Lipinski definition) is 1. The molecular weight excluding hydrogens is 258 g/mol. The first-order chi connectivity index (χ1) is 8.72. The number of fused-ring (bicyclic) bond motifs is 1. The van der Waals surface area contributed by atoms with Crippen LogP contribution in [0.3, 0.4) is 0 Å². The Balaban J connectivity index is 1.87. The highest BCUT2D eigenvalue weighted by Gasteiger charge is 2.10. The molecule has 3 aromatic rings. The standard InChI is InChI=1S/C12H8F2N2OS/c13-7-4-9(14)11-10(5-7)18-12(16-11)15-6-8-2-1-3-17-8/h1-5H,6H2,(H,15,16). The van der Waals surface area contributed by atoms with Crippen LogP contribution in [0.25, 0.3) is 10.2 Å². The van der Waals surface area contributed by atoms with Crippen molar-refractivity contribution in [3.05, 3.63) is 47.9 Å². The minimum Gasteiger partial charge on any atom is -0.467 e. The molecule has 18 heavy (non-hydrogen) atoms. The topological polar surface area (TPSA) is 38.1 Å². The Morgan fingerprint density at radius 1 is 1.33 bits per heavy atom. The molecular formula is C12H8F2N2OS. The van der Waals surface area contributed by atoms with E-state index in [-0.39, 0.29) is 5.52 Å². The highest BCUT2D eigenvalue weighted by atomic mass is 32.1. The average Bonchev–Trinajstić information content (AvgIpc) is 2.93. The van der Waals surface area contributed by atoms with Gasteiger partial charge in [0.25, 0.3) is 0 Å². The van der Waals surface area contributed by atoms with Gasteiger partial charge >= 0.3 is 0 Å². The van der Waals surface area contributed by atoms with Crippen molar-refractivity contribution in [3.63, 3.8) is 0 Å². The zero-order chi connectivity index (χ0) is 12.5. The molecule has 2 aromatic heterocycles. The van der Waals surface area contributed by atoms with E-state index in [4.69, 9.17) is 4.42 Å². The fraction of sp³-hybridized carbons (Fsp3) is 0.0833. The van der Waals surface area contributed by atoms with Gasteiger partial charge in [-0.2, -0.15) is 0 Å². The first-order valence-electron chi connectivity index (χ1n) is 5.24. The molecule has 0 radical (unpaired) electrons. The summed E-state index contributed by atoms with van der Waals surface area (Å²) in [4.78, 5) is 4.08. The summed E-state index contributed by atoms with van der Waals surface area (Å²) in [5.41, 5.74) is 0.184. The maximum Gasteiger partial charge on any atom is 0.184 e. The number of furan rings is 1. The lowest BCUT2D eigenvalue weighted by molar-refractivity contribution is 0.518. The number of rotatable bonds is 3. The zero-order valence-corrected chi connectivity index (χ0v) is 9.93. The van der Waals surface area contributed by atoms with Crippen molar-refractivity contribution in [2.24, 2.45) is 0 Å². The molecule has 92 valence electrons. The summed E-state index contributed by atoms with van der Waals surface area (Å²) in [6.07, 6.45) is 1.57. The Morgan fingerprint density at radius 2 is 2.22 bits per heavy atom. The third kappa shape index (κ3) is 2.06. The predicted octanol–water partition coefficient (Wildman–Crippen LogP) is 3.78. The maximum atomic E-state index is 13.4. The van der Waals surface area contributed by atoms with Crippen LogP contribution in [0, 0.1) is 11.6 Å². The van der Waals surface area contributed by atoms with Gasteiger partial charge in [-0.05, 0) is 18.2 Å². The molecule has 2 heterocycles. The molecule has 0 spiro atoms. The average molecular weight is 266 g/mol. The summed E-state index contributed by atoms with van der Waals surface area (Å²) in [6.45, 7) is 0.455. The molecule has 0 fully saturated rings. The van der Waals surface area contributed by atoms with Crippen LogP contribution >= 0.6 is 11.3 Å². The van der Waals surface area contributed by atoms with E-state index in [1.165, 1.54) is 17.4 Å². The molecule has 0 unspecified atom stereocenters. The molecule has 6 heteroatoms. The van der Waals surface area contributed by atoms with Crippen LogP contribution in [0.5, 0.6) is 0 Å². The number of nitrogens with zero attached hydrogens (tertiary/aromatic N) is 1. The monoisotopic (exact) mass is 266 g/mol. The first-order valence-corrected chi connectivity index (χ1v) is 6.06. The Kier molecular flexibility index (Phi) is 2.71. The fourth-order valence-electron chi connectivity index (χ4n) is 1.61. The molecule has 3 rings (SSSR count). The molecule has 0 atom stereocenters. The number of halogens is 2. The number of aromatic nitrogens is 1. The molecule has 0 aliphatic carbocycles. The van der Waals surface area contributed by atoms with E-state index < -0.39 is 11.6 Å². The molecule has 0 aliphatic heterocycles. The minimum atomic E-state index is -0.646. The van der Waals surface area contributed by atoms with E-state index in [1.54, 1.807) is 12.3 Å².